The smallest absolute Gasteiger partial charge is 0.215 e. The zero-order valence-electron chi connectivity index (χ0n) is 14.3. The molecule has 0 unspecified atom stereocenters. The maximum atomic E-state index is 12.1. The molecule has 1 fully saturated rings. The van der Waals surface area contributed by atoms with Gasteiger partial charge in [-0.1, -0.05) is 48.5 Å². The Hall–Kier alpha value is -1.89. The number of nitrogens with zero attached hydrogens (tertiary/aromatic N) is 2. The fraction of sp³-hybridized carbons (Fsp3) is 0.368. The van der Waals surface area contributed by atoms with Crippen LogP contribution in [-0.4, -0.2) is 52.6 Å². The van der Waals surface area contributed by atoms with E-state index < -0.39 is 10.0 Å². The van der Waals surface area contributed by atoms with Crippen LogP contribution in [0.1, 0.15) is 5.56 Å². The first kappa shape index (κ1) is 17.9. The first-order valence-corrected chi connectivity index (χ1v) is 10.3. The number of nitrogens with one attached hydrogen (secondary N) is 1. The number of hydrogen-bond donors (Lipinski definition) is 1. The molecule has 3 rings (SSSR count). The van der Waals surface area contributed by atoms with Crippen molar-refractivity contribution in [2.24, 2.45) is 0 Å². The van der Waals surface area contributed by atoms with Crippen molar-refractivity contribution < 1.29 is 8.42 Å². The Bertz CT molecular complexity index is 743. The second-order valence-electron chi connectivity index (χ2n) is 6.30. The topological polar surface area (TPSA) is 52.7 Å². The molecular weight excluding hydrogens is 334 g/mol. The zero-order chi connectivity index (χ0) is 17.5. The monoisotopic (exact) mass is 359 g/mol. The van der Waals surface area contributed by atoms with Crippen LogP contribution < -0.4 is 9.62 Å². The molecule has 0 bridgehead atoms. The summed E-state index contributed by atoms with van der Waals surface area (Å²) in [4.78, 5) is 4.68. The van der Waals surface area contributed by atoms with Crippen LogP contribution >= 0.6 is 0 Å². The third-order valence-corrected chi connectivity index (χ3v) is 5.80. The van der Waals surface area contributed by atoms with E-state index >= 15 is 0 Å². The number of piperazine rings is 1. The molecule has 1 aliphatic heterocycles. The highest BCUT2D eigenvalue weighted by atomic mass is 32.2. The number of para-hydroxylation sites is 1. The summed E-state index contributed by atoms with van der Waals surface area (Å²) in [6, 6.07) is 19.7. The van der Waals surface area contributed by atoms with Gasteiger partial charge >= 0.3 is 0 Å². The Morgan fingerprint density at radius 3 is 2.08 bits per heavy atom. The maximum absolute atomic E-state index is 12.1. The molecule has 0 aromatic heterocycles. The molecule has 2 aromatic rings. The average molecular weight is 359 g/mol. The molecule has 6 heteroatoms. The summed E-state index contributed by atoms with van der Waals surface area (Å²) >= 11 is 0. The van der Waals surface area contributed by atoms with Crippen molar-refractivity contribution in [3.8, 4) is 0 Å². The van der Waals surface area contributed by atoms with Gasteiger partial charge in [-0.05, 0) is 17.7 Å². The lowest BCUT2D eigenvalue weighted by atomic mass is 10.2. The third kappa shape index (κ3) is 5.56. The van der Waals surface area contributed by atoms with Crippen molar-refractivity contribution in [1.29, 1.82) is 0 Å². The summed E-state index contributed by atoms with van der Waals surface area (Å²) in [5, 5.41) is 0. The molecule has 134 valence electrons. The van der Waals surface area contributed by atoms with Crippen molar-refractivity contribution in [2.75, 3.05) is 44.2 Å². The van der Waals surface area contributed by atoms with Crippen molar-refractivity contribution in [3.05, 3.63) is 66.2 Å². The number of benzene rings is 2. The van der Waals surface area contributed by atoms with E-state index in [0.717, 1.165) is 38.3 Å². The van der Waals surface area contributed by atoms with Crippen LogP contribution in [0.4, 0.5) is 5.69 Å². The normalized spacial score (nSPS) is 16.1. The summed E-state index contributed by atoms with van der Waals surface area (Å²) in [6.45, 7) is 5.06. The first-order valence-electron chi connectivity index (χ1n) is 8.66. The number of sulfonamides is 1. The Morgan fingerprint density at radius 2 is 1.44 bits per heavy atom. The lowest BCUT2D eigenvalue weighted by molar-refractivity contribution is 0.262. The Morgan fingerprint density at radius 1 is 0.840 bits per heavy atom. The molecule has 1 N–H and O–H groups in total. The molecule has 0 atom stereocenters. The second-order valence-corrected chi connectivity index (χ2v) is 8.11. The van der Waals surface area contributed by atoms with Crippen molar-refractivity contribution >= 4 is 15.7 Å². The minimum absolute atomic E-state index is 0.0373. The van der Waals surface area contributed by atoms with Gasteiger partial charge < -0.3 is 4.90 Å². The van der Waals surface area contributed by atoms with E-state index in [9.17, 15) is 8.42 Å². The van der Waals surface area contributed by atoms with Gasteiger partial charge in [0.05, 0.1) is 5.75 Å². The highest BCUT2D eigenvalue weighted by Crippen LogP contribution is 2.15. The molecule has 0 amide bonds. The van der Waals surface area contributed by atoms with Gasteiger partial charge in [0.1, 0.15) is 0 Å². The van der Waals surface area contributed by atoms with Gasteiger partial charge in [-0.15, -0.1) is 0 Å². The Balaban J connectivity index is 1.40. The Kier molecular flexibility index (Phi) is 6.07. The molecule has 0 radical (unpaired) electrons. The highest BCUT2D eigenvalue weighted by molar-refractivity contribution is 7.88. The standard InChI is InChI=1S/C19H25N3O2S/c23-25(24,17-18-7-3-1-4-8-18)20-11-12-21-13-15-22(16-14-21)19-9-5-2-6-10-19/h1-10,20H,11-17H2. The highest BCUT2D eigenvalue weighted by Gasteiger charge is 2.17. The van der Waals surface area contributed by atoms with Crippen LogP contribution in [-0.2, 0) is 15.8 Å². The van der Waals surface area contributed by atoms with Crippen LogP contribution in [0, 0.1) is 0 Å². The minimum atomic E-state index is -3.28. The van der Waals surface area contributed by atoms with E-state index in [1.165, 1.54) is 5.69 Å². The minimum Gasteiger partial charge on any atom is -0.369 e. The number of anilines is 1. The summed E-state index contributed by atoms with van der Waals surface area (Å²) in [5.41, 5.74) is 2.07. The van der Waals surface area contributed by atoms with Crippen LogP contribution in [0.15, 0.2) is 60.7 Å². The van der Waals surface area contributed by atoms with Gasteiger partial charge in [0, 0.05) is 45.0 Å². The van der Waals surface area contributed by atoms with E-state index in [2.05, 4.69) is 38.8 Å². The lowest BCUT2D eigenvalue weighted by Crippen LogP contribution is -2.48. The van der Waals surface area contributed by atoms with Gasteiger partial charge in [-0.25, -0.2) is 13.1 Å². The molecule has 1 heterocycles. The fourth-order valence-corrected chi connectivity index (χ4v) is 4.21. The molecule has 0 aliphatic carbocycles. The molecule has 0 spiro atoms. The Labute approximate surface area is 150 Å². The van der Waals surface area contributed by atoms with Crippen molar-refractivity contribution in [2.45, 2.75) is 5.75 Å². The van der Waals surface area contributed by atoms with E-state index in [0.29, 0.717) is 6.54 Å². The van der Waals surface area contributed by atoms with E-state index in [4.69, 9.17) is 0 Å². The van der Waals surface area contributed by atoms with Crippen molar-refractivity contribution in [3.63, 3.8) is 0 Å². The molecular formula is C19H25N3O2S. The second kappa shape index (κ2) is 8.47. The molecule has 5 nitrogen and oxygen atoms in total. The summed E-state index contributed by atoms with van der Waals surface area (Å²) < 4.78 is 27.0. The first-order chi connectivity index (χ1) is 12.1. The quantitative estimate of drug-likeness (QED) is 0.821. The maximum Gasteiger partial charge on any atom is 0.215 e. The molecule has 0 saturated carbocycles. The third-order valence-electron chi connectivity index (χ3n) is 4.44. The van der Waals surface area contributed by atoms with Gasteiger partial charge in [0.2, 0.25) is 10.0 Å². The van der Waals surface area contributed by atoms with Gasteiger partial charge in [0.15, 0.2) is 0 Å². The molecule has 1 saturated heterocycles. The molecule has 25 heavy (non-hydrogen) atoms. The summed E-state index contributed by atoms with van der Waals surface area (Å²) in [5.74, 6) is 0.0373. The van der Waals surface area contributed by atoms with Crippen LogP contribution in [0.5, 0.6) is 0 Å². The van der Waals surface area contributed by atoms with Crippen molar-refractivity contribution in [1.82, 2.24) is 9.62 Å². The number of hydrogen-bond acceptors (Lipinski definition) is 4. The van der Waals surface area contributed by atoms with E-state index in [1.807, 2.05) is 36.4 Å². The molecule has 2 aromatic carbocycles. The van der Waals surface area contributed by atoms with Gasteiger partial charge in [-0.2, -0.15) is 0 Å². The average Bonchev–Trinajstić information content (AvgIpc) is 2.63. The van der Waals surface area contributed by atoms with Crippen LogP contribution in [0.25, 0.3) is 0 Å². The van der Waals surface area contributed by atoms with E-state index in [1.54, 1.807) is 0 Å². The predicted octanol–water partition coefficient (Wildman–Crippen LogP) is 1.93. The zero-order valence-corrected chi connectivity index (χ0v) is 15.2. The van der Waals surface area contributed by atoms with Crippen LogP contribution in [0.2, 0.25) is 0 Å². The SMILES string of the molecule is O=S(=O)(Cc1ccccc1)NCCN1CCN(c2ccccc2)CC1. The predicted molar refractivity (Wildman–Crippen MR) is 102 cm³/mol. The molecule has 1 aliphatic rings. The summed E-state index contributed by atoms with van der Waals surface area (Å²) in [7, 11) is -3.28. The van der Waals surface area contributed by atoms with Crippen LogP contribution in [0.3, 0.4) is 0 Å². The van der Waals surface area contributed by atoms with Gasteiger partial charge in [-0.3, -0.25) is 4.90 Å². The van der Waals surface area contributed by atoms with Gasteiger partial charge in [0.25, 0.3) is 0 Å². The number of rotatable bonds is 7. The lowest BCUT2D eigenvalue weighted by Gasteiger charge is -2.36. The van der Waals surface area contributed by atoms with E-state index in [-0.39, 0.29) is 5.75 Å². The largest absolute Gasteiger partial charge is 0.369 e. The summed E-state index contributed by atoms with van der Waals surface area (Å²) in [6.07, 6.45) is 0. The fourth-order valence-electron chi connectivity index (χ4n) is 3.07.